The van der Waals surface area contributed by atoms with Crippen molar-refractivity contribution in [2.45, 2.75) is 13.3 Å². The number of amides is 1. The minimum Gasteiger partial charge on any atom is -0.334 e. The summed E-state index contributed by atoms with van der Waals surface area (Å²) in [6.45, 7) is 1.98. The zero-order valence-electron chi connectivity index (χ0n) is 15.3. The van der Waals surface area contributed by atoms with E-state index in [1.54, 1.807) is 18.2 Å². The molecule has 148 valence electrons. The van der Waals surface area contributed by atoms with Crippen molar-refractivity contribution in [2.24, 2.45) is 0 Å². The molecule has 0 spiro atoms. The largest absolute Gasteiger partial charge is 0.355 e. The van der Waals surface area contributed by atoms with Gasteiger partial charge in [-0.25, -0.2) is 9.97 Å². The van der Waals surface area contributed by atoms with Crippen LogP contribution in [0.3, 0.4) is 0 Å². The van der Waals surface area contributed by atoms with Crippen LogP contribution < -0.4 is 16.2 Å². The first-order chi connectivity index (χ1) is 14.0. The lowest BCUT2D eigenvalue weighted by Gasteiger charge is -2.12. The molecule has 0 fully saturated rings. The van der Waals surface area contributed by atoms with Crippen molar-refractivity contribution < 1.29 is 9.72 Å². The highest BCUT2D eigenvalue weighted by Gasteiger charge is 2.24. The van der Waals surface area contributed by atoms with Gasteiger partial charge in [0.1, 0.15) is 6.33 Å². The first-order valence-electron chi connectivity index (χ1n) is 8.65. The fourth-order valence-electron chi connectivity index (χ4n) is 2.60. The second-order valence-corrected chi connectivity index (χ2v) is 6.33. The third kappa shape index (κ3) is 4.77. The topological polar surface area (TPSA) is 122 Å². The van der Waals surface area contributed by atoms with E-state index in [1.807, 2.05) is 25.1 Å². The minimum atomic E-state index is -0.617. The van der Waals surface area contributed by atoms with Crippen molar-refractivity contribution in [3.63, 3.8) is 0 Å². The van der Waals surface area contributed by atoms with Crippen molar-refractivity contribution in [1.82, 2.24) is 15.4 Å². The molecule has 1 heterocycles. The van der Waals surface area contributed by atoms with Gasteiger partial charge in [-0.2, -0.15) is 0 Å². The number of aromatic nitrogens is 2. The monoisotopic (exact) mass is 412 g/mol. The van der Waals surface area contributed by atoms with Crippen molar-refractivity contribution in [1.29, 1.82) is 0 Å². The first kappa shape index (κ1) is 20.0. The Balaban J connectivity index is 1.84. The summed E-state index contributed by atoms with van der Waals surface area (Å²) in [6.07, 6.45) is 1.91. The van der Waals surface area contributed by atoms with E-state index >= 15 is 0 Å². The zero-order chi connectivity index (χ0) is 20.8. The van der Waals surface area contributed by atoms with Gasteiger partial charge >= 0.3 is 5.69 Å². The van der Waals surface area contributed by atoms with Gasteiger partial charge < -0.3 is 5.32 Å². The van der Waals surface area contributed by atoms with Crippen LogP contribution in [0.15, 0.2) is 54.9 Å². The summed E-state index contributed by atoms with van der Waals surface area (Å²) in [6, 6.07) is 13.6. The Morgan fingerprint density at radius 1 is 1.10 bits per heavy atom. The molecule has 1 aromatic heterocycles. The molecule has 0 saturated heterocycles. The molecule has 29 heavy (non-hydrogen) atoms. The second kappa shape index (κ2) is 8.98. The van der Waals surface area contributed by atoms with Crippen molar-refractivity contribution in [3.05, 3.63) is 81.1 Å². The molecular weight excluding hydrogens is 396 g/mol. The Hall–Kier alpha value is -3.72. The second-order valence-electron chi connectivity index (χ2n) is 5.90. The van der Waals surface area contributed by atoms with Gasteiger partial charge in [0.25, 0.3) is 5.91 Å². The van der Waals surface area contributed by atoms with Crippen LogP contribution in [-0.4, -0.2) is 20.8 Å². The predicted molar refractivity (Wildman–Crippen MR) is 110 cm³/mol. The summed E-state index contributed by atoms with van der Waals surface area (Å²) in [7, 11) is 0. The molecule has 1 amide bonds. The molecule has 3 aromatic rings. The van der Waals surface area contributed by atoms with Gasteiger partial charge in [0, 0.05) is 16.3 Å². The molecule has 0 aliphatic rings. The highest BCUT2D eigenvalue weighted by molar-refractivity contribution is 6.30. The Labute approximate surface area is 171 Å². The van der Waals surface area contributed by atoms with E-state index in [4.69, 9.17) is 11.6 Å². The van der Waals surface area contributed by atoms with E-state index in [2.05, 4.69) is 26.1 Å². The van der Waals surface area contributed by atoms with Gasteiger partial charge in [-0.3, -0.25) is 25.8 Å². The number of rotatable bonds is 7. The average molecular weight is 413 g/mol. The maximum Gasteiger partial charge on any atom is 0.355 e. The summed E-state index contributed by atoms with van der Waals surface area (Å²) >= 11 is 5.80. The zero-order valence-corrected chi connectivity index (χ0v) is 16.1. The van der Waals surface area contributed by atoms with Crippen LogP contribution >= 0.6 is 11.6 Å². The summed E-state index contributed by atoms with van der Waals surface area (Å²) in [5.41, 5.74) is 6.50. The average Bonchev–Trinajstić information content (AvgIpc) is 2.72. The Morgan fingerprint density at radius 2 is 1.79 bits per heavy atom. The number of para-hydroxylation sites is 1. The fourth-order valence-corrected chi connectivity index (χ4v) is 2.73. The number of benzene rings is 2. The molecule has 0 saturated carbocycles. The van der Waals surface area contributed by atoms with E-state index in [0.29, 0.717) is 16.3 Å². The van der Waals surface area contributed by atoms with Gasteiger partial charge in [-0.1, -0.05) is 36.7 Å². The summed E-state index contributed by atoms with van der Waals surface area (Å²) in [4.78, 5) is 31.1. The number of carbonyl (C=O) groups is 1. The molecule has 0 aliphatic carbocycles. The van der Waals surface area contributed by atoms with Crippen LogP contribution in [-0.2, 0) is 6.42 Å². The van der Waals surface area contributed by atoms with E-state index in [0.717, 1.165) is 12.0 Å². The normalized spacial score (nSPS) is 10.3. The maximum absolute atomic E-state index is 12.2. The number of anilines is 3. The van der Waals surface area contributed by atoms with Crippen LogP contribution in [0.5, 0.6) is 0 Å². The number of nitro groups is 1. The number of hydrogen-bond donors (Lipinski definition) is 3. The standard InChI is InChI=1S/C19H17ClN6O3/c1-2-12-5-3-4-6-15(12)23-17-16(26(28)29)18(22-11-21-17)24-25-19(27)13-7-9-14(20)10-8-13/h3-11H,2H2,1H3,(H,25,27)(H2,21,22,23,24). The molecule has 0 unspecified atom stereocenters. The quantitative estimate of drug-likeness (QED) is 0.394. The lowest BCUT2D eigenvalue weighted by Crippen LogP contribution is -2.30. The number of hydrazine groups is 1. The number of hydrogen-bond acceptors (Lipinski definition) is 7. The molecule has 10 heteroatoms. The van der Waals surface area contributed by atoms with Crippen LogP contribution in [0, 0.1) is 10.1 Å². The summed E-state index contributed by atoms with van der Waals surface area (Å²) in [5, 5.41) is 15.1. The van der Waals surface area contributed by atoms with Gasteiger partial charge in [0.15, 0.2) is 0 Å². The number of aryl methyl sites for hydroxylation is 1. The SMILES string of the molecule is CCc1ccccc1Nc1ncnc(NNC(=O)c2ccc(Cl)cc2)c1[N+](=O)[O-]. The lowest BCUT2D eigenvalue weighted by atomic mass is 10.1. The highest BCUT2D eigenvalue weighted by atomic mass is 35.5. The Kier molecular flexibility index (Phi) is 6.20. The Bertz CT molecular complexity index is 1040. The number of carbonyl (C=O) groups excluding carboxylic acids is 1. The third-order valence-electron chi connectivity index (χ3n) is 4.06. The van der Waals surface area contributed by atoms with E-state index < -0.39 is 16.5 Å². The molecule has 0 bridgehead atoms. The molecular formula is C19H17ClN6O3. The molecule has 2 aromatic carbocycles. The summed E-state index contributed by atoms with van der Waals surface area (Å²) < 4.78 is 0. The summed E-state index contributed by atoms with van der Waals surface area (Å²) in [5.74, 6) is -0.640. The van der Waals surface area contributed by atoms with Gasteiger partial charge in [0.05, 0.1) is 4.92 Å². The van der Waals surface area contributed by atoms with Crippen molar-refractivity contribution in [3.8, 4) is 0 Å². The number of nitrogens with one attached hydrogen (secondary N) is 3. The van der Waals surface area contributed by atoms with Gasteiger partial charge in [0.2, 0.25) is 11.6 Å². The highest BCUT2D eigenvalue weighted by Crippen LogP contribution is 2.31. The minimum absolute atomic E-state index is 0.00846. The van der Waals surface area contributed by atoms with Crippen LogP contribution in [0.2, 0.25) is 5.02 Å². The first-order valence-corrected chi connectivity index (χ1v) is 9.03. The van der Waals surface area contributed by atoms with E-state index in [-0.39, 0.29) is 11.6 Å². The van der Waals surface area contributed by atoms with Crippen molar-refractivity contribution >= 4 is 40.5 Å². The molecule has 0 radical (unpaired) electrons. The maximum atomic E-state index is 12.2. The van der Waals surface area contributed by atoms with Crippen LogP contribution in [0.4, 0.5) is 23.0 Å². The molecule has 0 aliphatic heterocycles. The Morgan fingerprint density at radius 3 is 2.48 bits per heavy atom. The molecule has 0 atom stereocenters. The molecule has 9 nitrogen and oxygen atoms in total. The lowest BCUT2D eigenvalue weighted by molar-refractivity contribution is -0.383. The number of halogens is 1. The number of nitrogens with zero attached hydrogens (tertiary/aromatic N) is 3. The van der Waals surface area contributed by atoms with Crippen LogP contribution in [0.25, 0.3) is 0 Å². The fraction of sp³-hybridized carbons (Fsp3) is 0.105. The predicted octanol–water partition coefficient (Wildman–Crippen LogP) is 4.10. The molecule has 3 rings (SSSR count). The van der Waals surface area contributed by atoms with E-state index in [9.17, 15) is 14.9 Å². The van der Waals surface area contributed by atoms with Crippen LogP contribution in [0.1, 0.15) is 22.8 Å². The molecule has 3 N–H and O–H groups in total. The van der Waals surface area contributed by atoms with Gasteiger partial charge in [-0.15, -0.1) is 0 Å². The smallest absolute Gasteiger partial charge is 0.334 e. The third-order valence-corrected chi connectivity index (χ3v) is 4.31. The van der Waals surface area contributed by atoms with Crippen molar-refractivity contribution in [2.75, 3.05) is 10.7 Å². The van der Waals surface area contributed by atoms with Gasteiger partial charge in [-0.05, 0) is 42.3 Å². The van der Waals surface area contributed by atoms with E-state index in [1.165, 1.54) is 18.5 Å².